The summed E-state index contributed by atoms with van der Waals surface area (Å²) in [6.45, 7) is 9.64. The second-order valence-electron chi connectivity index (χ2n) is 19.6. The lowest BCUT2D eigenvalue weighted by Crippen LogP contribution is -2.20. The Balaban J connectivity index is 0.949. The Morgan fingerprint density at radius 1 is 0.309 bits per heavy atom. The van der Waals surface area contributed by atoms with Gasteiger partial charge in [-0.3, -0.25) is 0 Å². The van der Waals surface area contributed by atoms with E-state index >= 15 is 0 Å². The number of hydrogen-bond donors (Lipinski definition) is 0. The summed E-state index contributed by atoms with van der Waals surface area (Å²) in [6, 6.07) is 74.8. The van der Waals surface area contributed by atoms with E-state index in [1.54, 1.807) is 0 Å². The first kappa shape index (κ1) is 38.9. The van der Waals surface area contributed by atoms with Gasteiger partial charge in [0.25, 0.3) is 0 Å². The Labute approximate surface area is 394 Å². The van der Waals surface area contributed by atoms with Crippen molar-refractivity contribution in [3.8, 4) is 22.3 Å². The zero-order valence-corrected chi connectivity index (χ0v) is 38.3. The molecule has 0 aliphatic heterocycles. The van der Waals surface area contributed by atoms with Crippen molar-refractivity contribution in [2.24, 2.45) is 0 Å². The van der Waals surface area contributed by atoms with Crippen LogP contribution in [-0.4, -0.2) is 0 Å². The van der Waals surface area contributed by atoms with Crippen LogP contribution in [0.3, 0.4) is 0 Å². The van der Waals surface area contributed by atoms with Gasteiger partial charge >= 0.3 is 0 Å². The van der Waals surface area contributed by atoms with Gasteiger partial charge in [-0.1, -0.05) is 161 Å². The van der Waals surface area contributed by atoms with Crippen LogP contribution in [0.25, 0.3) is 76.9 Å². The average molecular weight is 875 g/mol. The second kappa shape index (κ2) is 14.1. The first-order chi connectivity index (χ1) is 33.3. The molecule has 0 radical (unpaired) electrons. The number of rotatable bonds is 6. The quantitative estimate of drug-likeness (QED) is 0.167. The Hall–Kier alpha value is -8.34. The minimum absolute atomic E-state index is 0.267. The van der Waals surface area contributed by atoms with Gasteiger partial charge in [-0.25, -0.2) is 0 Å². The maximum Gasteiger partial charge on any atom is 0.159 e. The number of anilines is 6. The number of benzene rings is 10. The Kier molecular flexibility index (Phi) is 8.06. The zero-order chi connectivity index (χ0) is 45.5. The van der Waals surface area contributed by atoms with Gasteiger partial charge < -0.3 is 18.6 Å². The van der Waals surface area contributed by atoms with Crippen LogP contribution in [0.2, 0.25) is 0 Å². The molecule has 0 spiro atoms. The zero-order valence-electron chi connectivity index (χ0n) is 38.3. The van der Waals surface area contributed by atoms with Crippen LogP contribution in [0.5, 0.6) is 0 Å². The van der Waals surface area contributed by atoms with Gasteiger partial charge in [0.1, 0.15) is 11.2 Å². The lowest BCUT2D eigenvalue weighted by atomic mass is 9.77. The van der Waals surface area contributed by atoms with Gasteiger partial charge in [-0.05, 0) is 123 Å². The summed E-state index contributed by atoms with van der Waals surface area (Å²) >= 11 is 0. The molecule has 4 heteroatoms. The van der Waals surface area contributed by atoms with Crippen molar-refractivity contribution in [1.82, 2.24) is 0 Å². The fourth-order valence-corrected chi connectivity index (χ4v) is 11.9. The Morgan fingerprint density at radius 3 is 1.43 bits per heavy atom. The molecule has 0 amide bonds. The first-order valence-electron chi connectivity index (χ1n) is 23.7. The van der Waals surface area contributed by atoms with Crippen molar-refractivity contribution >= 4 is 88.8 Å². The third-order valence-electron chi connectivity index (χ3n) is 15.2. The average Bonchev–Trinajstić information content (AvgIpc) is 4.07. The highest BCUT2D eigenvalue weighted by atomic mass is 16.3. The van der Waals surface area contributed by atoms with Crippen LogP contribution in [0.1, 0.15) is 49.9 Å². The van der Waals surface area contributed by atoms with Crippen molar-refractivity contribution in [2.45, 2.75) is 38.5 Å². The van der Waals surface area contributed by atoms with Crippen LogP contribution in [0, 0.1) is 0 Å². The molecule has 10 aromatic carbocycles. The molecular weight excluding hydrogens is 829 g/mol. The Morgan fingerprint density at radius 2 is 0.794 bits per heavy atom. The third-order valence-corrected chi connectivity index (χ3v) is 15.2. The summed E-state index contributed by atoms with van der Waals surface area (Å²) in [5.74, 6) is 0. The number of furan rings is 2. The predicted molar refractivity (Wildman–Crippen MR) is 283 cm³/mol. The largest absolute Gasteiger partial charge is 0.454 e. The number of fused-ring (bicyclic) bond motifs is 14. The van der Waals surface area contributed by atoms with Gasteiger partial charge in [-0.15, -0.1) is 0 Å². The van der Waals surface area contributed by atoms with Gasteiger partial charge in [0.15, 0.2) is 11.2 Å². The topological polar surface area (TPSA) is 32.8 Å². The minimum atomic E-state index is -0.294. The van der Waals surface area contributed by atoms with E-state index in [1.165, 1.54) is 55.3 Å². The van der Waals surface area contributed by atoms with Gasteiger partial charge in [0.05, 0.1) is 17.1 Å². The SMILES string of the molecule is CC1(C)c2cc(N(c3ccccc3)c3cccc4c3oc3ccccc34)ccc2-c2cc3c(cc21)C(C)(C)c1cc(N(c2ccccc2)c2cccc4c2oc2ccccc24)c2ccccc2c1-3. The molecule has 0 saturated heterocycles. The number of para-hydroxylation sites is 6. The highest BCUT2D eigenvalue weighted by Gasteiger charge is 2.43. The highest BCUT2D eigenvalue weighted by molar-refractivity contribution is 6.15. The molecule has 0 atom stereocenters. The van der Waals surface area contributed by atoms with E-state index in [1.807, 2.05) is 12.1 Å². The maximum atomic E-state index is 6.74. The smallest absolute Gasteiger partial charge is 0.159 e. The highest BCUT2D eigenvalue weighted by Crippen LogP contribution is 2.60. The molecule has 12 aromatic rings. The minimum Gasteiger partial charge on any atom is -0.454 e. The molecule has 2 heterocycles. The van der Waals surface area contributed by atoms with Crippen LogP contribution in [0.4, 0.5) is 34.1 Å². The molecule has 2 aliphatic rings. The summed E-state index contributed by atoms with van der Waals surface area (Å²) in [5.41, 5.74) is 20.0. The van der Waals surface area contributed by atoms with Crippen LogP contribution >= 0.6 is 0 Å². The third kappa shape index (κ3) is 5.37. The maximum absolute atomic E-state index is 6.74. The summed E-state index contributed by atoms with van der Waals surface area (Å²) in [5, 5.41) is 6.90. The van der Waals surface area contributed by atoms with Crippen molar-refractivity contribution in [3.05, 3.63) is 229 Å². The van der Waals surface area contributed by atoms with E-state index in [0.29, 0.717) is 0 Å². The number of nitrogens with zero attached hydrogens (tertiary/aromatic N) is 2. The van der Waals surface area contributed by atoms with E-state index in [2.05, 4.69) is 232 Å². The van der Waals surface area contributed by atoms with Crippen molar-refractivity contribution in [1.29, 1.82) is 0 Å². The van der Waals surface area contributed by atoms with Gasteiger partial charge in [0, 0.05) is 54.8 Å². The first-order valence-corrected chi connectivity index (χ1v) is 23.7. The summed E-state index contributed by atoms with van der Waals surface area (Å²) in [4.78, 5) is 4.78. The molecule has 4 nitrogen and oxygen atoms in total. The number of hydrogen-bond acceptors (Lipinski definition) is 4. The summed E-state index contributed by atoms with van der Waals surface area (Å²) < 4.78 is 13.4. The monoisotopic (exact) mass is 874 g/mol. The molecule has 14 rings (SSSR count). The van der Waals surface area contributed by atoms with Crippen molar-refractivity contribution < 1.29 is 8.83 Å². The molecule has 0 unspecified atom stereocenters. The predicted octanol–water partition coefficient (Wildman–Crippen LogP) is 18.2. The van der Waals surface area contributed by atoms with Crippen LogP contribution < -0.4 is 9.80 Å². The molecular formula is C64H46N2O2. The molecule has 68 heavy (non-hydrogen) atoms. The second-order valence-corrected chi connectivity index (χ2v) is 19.6. The lowest BCUT2D eigenvalue weighted by molar-refractivity contribution is 0.639. The standard InChI is InChI=1S/C64H46N2O2/c1-63(2)51-35-41(65(39-19-7-5-8-20-39)55-29-17-27-47-44-24-13-15-31-58(44)67-61(47)55)33-34-42(51)49-36-50-53(37-52(49)63)64(3,4)54-38-57(43-23-11-12-26-46(43)60(50)54)66(40-21-9-6-10-22-40)56-30-18-28-48-45-25-14-16-32-59(45)68-62(48)56/h5-38H,1-4H3. The molecule has 0 bridgehead atoms. The fourth-order valence-electron chi connectivity index (χ4n) is 11.9. The molecule has 0 fully saturated rings. The summed E-state index contributed by atoms with van der Waals surface area (Å²) in [7, 11) is 0. The van der Waals surface area contributed by atoms with E-state index in [0.717, 1.165) is 78.0 Å². The lowest BCUT2D eigenvalue weighted by Gasteiger charge is -2.30. The van der Waals surface area contributed by atoms with Crippen LogP contribution in [-0.2, 0) is 10.8 Å². The van der Waals surface area contributed by atoms with Crippen molar-refractivity contribution in [3.63, 3.8) is 0 Å². The molecule has 0 N–H and O–H groups in total. The molecule has 0 saturated carbocycles. The van der Waals surface area contributed by atoms with Crippen molar-refractivity contribution in [2.75, 3.05) is 9.80 Å². The normalized spacial score (nSPS) is 14.1. The van der Waals surface area contributed by atoms with E-state index in [9.17, 15) is 0 Å². The van der Waals surface area contributed by atoms with Gasteiger partial charge in [-0.2, -0.15) is 0 Å². The van der Waals surface area contributed by atoms with Gasteiger partial charge in [0.2, 0.25) is 0 Å². The van der Waals surface area contributed by atoms with Crippen LogP contribution in [0.15, 0.2) is 215 Å². The molecule has 324 valence electrons. The van der Waals surface area contributed by atoms with E-state index < -0.39 is 0 Å². The van der Waals surface area contributed by atoms with E-state index in [-0.39, 0.29) is 10.8 Å². The molecule has 2 aromatic heterocycles. The fraction of sp³-hybridized carbons (Fsp3) is 0.0938. The summed E-state index contributed by atoms with van der Waals surface area (Å²) in [6.07, 6.45) is 0. The van der Waals surface area contributed by atoms with E-state index in [4.69, 9.17) is 8.83 Å². The Bertz CT molecular complexity index is 4040. The molecule has 2 aliphatic carbocycles.